The molecule has 0 saturated carbocycles. The maximum Gasteiger partial charge on any atom is 0.229 e. The normalized spacial score (nSPS) is 11.8. The Morgan fingerprint density at radius 1 is 0.917 bits per heavy atom. The van der Waals surface area contributed by atoms with Crippen LogP contribution in [-0.4, -0.2) is 26.1 Å². The predicted molar refractivity (Wildman–Crippen MR) is 95.2 cm³/mol. The summed E-state index contributed by atoms with van der Waals surface area (Å²) >= 11 is 0. The van der Waals surface area contributed by atoms with E-state index in [1.165, 1.54) is 0 Å². The van der Waals surface area contributed by atoms with E-state index >= 15 is 0 Å². The first-order valence-corrected chi connectivity index (χ1v) is 9.34. The third-order valence-corrected chi connectivity index (χ3v) is 3.60. The van der Waals surface area contributed by atoms with E-state index in [0.29, 0.717) is 22.6 Å². The quantitative estimate of drug-likeness (QED) is 0.841. The second kappa shape index (κ2) is 6.65. The van der Waals surface area contributed by atoms with Crippen LogP contribution >= 0.6 is 0 Å². The number of anilines is 1. The SMILES string of the molecule is CC(C)(C)Oc1ccc(C(=O)c2ccc(NS(C)(=O)=O)cc2)cc1. The van der Waals surface area contributed by atoms with Gasteiger partial charge in [0.1, 0.15) is 11.4 Å². The monoisotopic (exact) mass is 347 g/mol. The average Bonchev–Trinajstić information content (AvgIpc) is 2.45. The molecule has 0 atom stereocenters. The van der Waals surface area contributed by atoms with Crippen LogP contribution in [0.4, 0.5) is 5.69 Å². The Morgan fingerprint density at radius 3 is 1.79 bits per heavy atom. The van der Waals surface area contributed by atoms with Gasteiger partial charge in [-0.1, -0.05) is 0 Å². The van der Waals surface area contributed by atoms with Crippen LogP contribution in [0.25, 0.3) is 0 Å². The van der Waals surface area contributed by atoms with Crippen molar-refractivity contribution in [3.8, 4) is 5.75 Å². The Bertz CT molecular complexity index is 817. The van der Waals surface area contributed by atoms with Gasteiger partial charge in [-0.2, -0.15) is 0 Å². The summed E-state index contributed by atoms with van der Waals surface area (Å²) in [4.78, 5) is 12.5. The summed E-state index contributed by atoms with van der Waals surface area (Å²) in [5, 5.41) is 0. The first kappa shape index (κ1) is 18.0. The number of ether oxygens (including phenoxy) is 1. The standard InChI is InChI=1S/C18H21NO4S/c1-18(2,3)23-16-11-7-14(8-12-16)17(20)13-5-9-15(10-6-13)19-24(4,21)22/h5-12,19H,1-4H3. The molecule has 0 fully saturated rings. The number of carbonyl (C=O) groups is 1. The van der Waals surface area contributed by atoms with Crippen molar-refractivity contribution < 1.29 is 17.9 Å². The molecule has 2 rings (SSSR count). The molecule has 2 aromatic carbocycles. The third kappa shape index (κ3) is 5.38. The van der Waals surface area contributed by atoms with Crippen molar-refractivity contribution in [2.45, 2.75) is 26.4 Å². The van der Waals surface area contributed by atoms with Gasteiger partial charge in [-0.05, 0) is 69.3 Å². The molecule has 1 N–H and O–H groups in total. The minimum atomic E-state index is -3.33. The van der Waals surface area contributed by atoms with Gasteiger partial charge >= 0.3 is 0 Å². The van der Waals surface area contributed by atoms with E-state index in [1.807, 2.05) is 20.8 Å². The predicted octanol–water partition coefficient (Wildman–Crippen LogP) is 3.47. The van der Waals surface area contributed by atoms with Gasteiger partial charge in [-0.25, -0.2) is 8.42 Å². The number of ketones is 1. The fourth-order valence-corrected chi connectivity index (χ4v) is 2.66. The van der Waals surface area contributed by atoms with Crippen LogP contribution in [-0.2, 0) is 10.0 Å². The molecule has 0 bridgehead atoms. The highest BCUT2D eigenvalue weighted by Gasteiger charge is 2.13. The molecule has 0 spiro atoms. The van der Waals surface area contributed by atoms with Crippen LogP contribution in [0, 0.1) is 0 Å². The summed E-state index contributed by atoms with van der Waals surface area (Å²) in [6, 6.07) is 13.3. The molecule has 0 aliphatic carbocycles. The second-order valence-electron chi connectivity index (χ2n) is 6.52. The molecule has 0 radical (unpaired) electrons. The third-order valence-electron chi connectivity index (χ3n) is 2.99. The first-order valence-electron chi connectivity index (χ1n) is 7.45. The molecular weight excluding hydrogens is 326 g/mol. The second-order valence-corrected chi connectivity index (χ2v) is 8.27. The van der Waals surface area contributed by atoms with Crippen LogP contribution in [0.5, 0.6) is 5.75 Å². The lowest BCUT2D eigenvalue weighted by molar-refractivity contribution is 0.103. The number of benzene rings is 2. The highest BCUT2D eigenvalue weighted by atomic mass is 32.2. The molecule has 6 heteroatoms. The molecule has 0 aliphatic rings. The van der Waals surface area contributed by atoms with E-state index in [2.05, 4.69) is 4.72 Å². The summed E-state index contributed by atoms with van der Waals surface area (Å²) in [7, 11) is -3.33. The molecule has 0 heterocycles. The van der Waals surface area contributed by atoms with Crippen molar-refractivity contribution in [3.63, 3.8) is 0 Å². The number of hydrogen-bond acceptors (Lipinski definition) is 4. The van der Waals surface area contributed by atoms with Crippen molar-refractivity contribution in [2.24, 2.45) is 0 Å². The fourth-order valence-electron chi connectivity index (χ4n) is 2.10. The Labute approximate surface area is 142 Å². The summed E-state index contributed by atoms with van der Waals surface area (Å²) < 4.78 is 30.5. The maximum atomic E-state index is 12.5. The molecule has 0 unspecified atom stereocenters. The maximum absolute atomic E-state index is 12.5. The van der Waals surface area contributed by atoms with Gasteiger partial charge in [0.05, 0.1) is 6.26 Å². The zero-order valence-electron chi connectivity index (χ0n) is 14.2. The highest BCUT2D eigenvalue weighted by Crippen LogP contribution is 2.20. The average molecular weight is 347 g/mol. The zero-order chi connectivity index (χ0) is 18.0. The summed E-state index contributed by atoms with van der Waals surface area (Å²) in [5.41, 5.74) is 1.15. The number of hydrogen-bond donors (Lipinski definition) is 1. The van der Waals surface area contributed by atoms with Crippen LogP contribution in [0.2, 0.25) is 0 Å². The van der Waals surface area contributed by atoms with Crippen molar-refractivity contribution >= 4 is 21.5 Å². The van der Waals surface area contributed by atoms with Crippen LogP contribution in [0.3, 0.4) is 0 Å². The van der Waals surface area contributed by atoms with E-state index in [0.717, 1.165) is 6.26 Å². The minimum Gasteiger partial charge on any atom is -0.488 e. The van der Waals surface area contributed by atoms with E-state index in [-0.39, 0.29) is 11.4 Å². The van der Waals surface area contributed by atoms with Crippen LogP contribution in [0.1, 0.15) is 36.7 Å². The Hall–Kier alpha value is -2.34. The van der Waals surface area contributed by atoms with Crippen molar-refractivity contribution in [1.29, 1.82) is 0 Å². The van der Waals surface area contributed by atoms with Gasteiger partial charge in [-0.3, -0.25) is 9.52 Å². The van der Waals surface area contributed by atoms with Gasteiger partial charge in [-0.15, -0.1) is 0 Å². The fraction of sp³-hybridized carbons (Fsp3) is 0.278. The van der Waals surface area contributed by atoms with Crippen LogP contribution < -0.4 is 9.46 Å². The topological polar surface area (TPSA) is 72.5 Å². The largest absolute Gasteiger partial charge is 0.488 e. The summed E-state index contributed by atoms with van der Waals surface area (Å²) in [6.45, 7) is 5.87. The highest BCUT2D eigenvalue weighted by molar-refractivity contribution is 7.92. The Morgan fingerprint density at radius 2 is 1.38 bits per heavy atom. The lowest BCUT2D eigenvalue weighted by Crippen LogP contribution is -2.22. The van der Waals surface area contributed by atoms with E-state index in [4.69, 9.17) is 4.74 Å². The molecule has 0 aromatic heterocycles. The molecule has 128 valence electrons. The number of rotatable bonds is 5. The number of nitrogens with one attached hydrogen (secondary N) is 1. The van der Waals surface area contributed by atoms with E-state index in [9.17, 15) is 13.2 Å². The first-order chi connectivity index (χ1) is 11.0. The van der Waals surface area contributed by atoms with Gasteiger partial charge in [0, 0.05) is 16.8 Å². The molecule has 24 heavy (non-hydrogen) atoms. The molecule has 0 aliphatic heterocycles. The van der Waals surface area contributed by atoms with Gasteiger partial charge < -0.3 is 4.74 Å². The number of carbonyl (C=O) groups excluding carboxylic acids is 1. The smallest absolute Gasteiger partial charge is 0.229 e. The van der Waals surface area contributed by atoms with Crippen molar-refractivity contribution in [3.05, 3.63) is 59.7 Å². The van der Waals surface area contributed by atoms with Crippen LogP contribution in [0.15, 0.2) is 48.5 Å². The van der Waals surface area contributed by atoms with E-state index in [1.54, 1.807) is 48.5 Å². The molecular formula is C18H21NO4S. The van der Waals surface area contributed by atoms with Gasteiger partial charge in [0.2, 0.25) is 10.0 Å². The lowest BCUT2D eigenvalue weighted by atomic mass is 10.0. The molecule has 0 saturated heterocycles. The Balaban J connectivity index is 2.14. The molecule has 0 amide bonds. The van der Waals surface area contributed by atoms with Gasteiger partial charge in [0.15, 0.2) is 5.78 Å². The summed E-state index contributed by atoms with van der Waals surface area (Å²) in [5.74, 6) is 0.565. The van der Waals surface area contributed by atoms with Gasteiger partial charge in [0.25, 0.3) is 0 Å². The van der Waals surface area contributed by atoms with Crippen molar-refractivity contribution in [2.75, 3.05) is 11.0 Å². The Kier molecular flexibility index (Phi) is 4.99. The molecule has 2 aromatic rings. The minimum absolute atomic E-state index is 0.136. The summed E-state index contributed by atoms with van der Waals surface area (Å²) in [6.07, 6.45) is 1.08. The van der Waals surface area contributed by atoms with Crippen molar-refractivity contribution in [1.82, 2.24) is 0 Å². The zero-order valence-corrected chi connectivity index (χ0v) is 15.0. The number of sulfonamides is 1. The lowest BCUT2D eigenvalue weighted by Gasteiger charge is -2.21. The molecule has 5 nitrogen and oxygen atoms in total. The van der Waals surface area contributed by atoms with E-state index < -0.39 is 10.0 Å².